The van der Waals surface area contributed by atoms with Crippen molar-refractivity contribution in [2.45, 2.75) is 24.2 Å². The topological polar surface area (TPSA) is 35.8 Å². The third kappa shape index (κ3) is 8.73. The number of aliphatic imine (C=N–C) groups is 1. The summed E-state index contributed by atoms with van der Waals surface area (Å²) in [5, 5.41) is 0. The summed E-state index contributed by atoms with van der Waals surface area (Å²) in [6.07, 6.45) is -10.6. The van der Waals surface area contributed by atoms with Gasteiger partial charge in [0.2, 0.25) is 0 Å². The Morgan fingerprint density at radius 2 is 0.933 bits per heavy atom. The molecule has 0 spiro atoms. The van der Waals surface area contributed by atoms with Crippen molar-refractivity contribution in [3.05, 3.63) is 192 Å². The lowest BCUT2D eigenvalue weighted by atomic mass is 9.89. The van der Waals surface area contributed by atoms with E-state index in [0.717, 1.165) is 4.48 Å². The van der Waals surface area contributed by atoms with E-state index in [4.69, 9.17) is 14.3 Å². The highest BCUT2D eigenvalue weighted by Gasteiger charge is 2.60. The molecule has 60 heavy (non-hydrogen) atoms. The van der Waals surface area contributed by atoms with Crippen LogP contribution in [0.4, 0.5) is 43.9 Å². The van der Waals surface area contributed by atoms with Crippen LogP contribution in [0.5, 0.6) is 0 Å². The van der Waals surface area contributed by atoms with E-state index in [0.29, 0.717) is 33.5 Å². The summed E-state index contributed by atoms with van der Waals surface area (Å²) in [5.74, 6) is -11.2. The molecular weight excluding hydrogens is 801 g/mol. The molecule has 0 amide bonds. The predicted octanol–water partition coefficient (Wildman–Crippen LogP) is 12.4. The lowest BCUT2D eigenvalue weighted by molar-refractivity contribution is -0.295. The summed E-state index contributed by atoms with van der Waals surface area (Å²) in [4.78, 5) is 5.09. The van der Waals surface area contributed by atoms with E-state index in [1.54, 1.807) is 127 Å². The average Bonchev–Trinajstić information content (AvgIpc) is 3.85. The van der Waals surface area contributed by atoms with E-state index in [1.165, 1.54) is 18.2 Å². The van der Waals surface area contributed by atoms with Crippen molar-refractivity contribution in [3.8, 4) is 22.4 Å². The Hall–Kier alpha value is -6.19. The molecular formula is C45H31BF10N2O2. The monoisotopic (exact) mass is 832 g/mol. The van der Waals surface area contributed by atoms with Crippen LogP contribution in [-0.4, -0.2) is 54.9 Å². The zero-order chi connectivity index (χ0) is 42.7. The number of aromatic nitrogens is 1. The molecule has 2 heterocycles. The fraction of sp³-hybridized carbons (Fsp3) is 0.133. The van der Waals surface area contributed by atoms with Crippen LogP contribution in [0.25, 0.3) is 33.5 Å². The van der Waals surface area contributed by atoms with Crippen LogP contribution >= 0.6 is 0 Å². The van der Waals surface area contributed by atoms with Crippen LogP contribution in [0.1, 0.15) is 22.4 Å². The summed E-state index contributed by atoms with van der Waals surface area (Å²) >= 11 is 0. The second-order valence-corrected chi connectivity index (χ2v) is 13.6. The van der Waals surface area contributed by atoms with Crippen LogP contribution in [0.3, 0.4) is 0 Å². The van der Waals surface area contributed by atoms with E-state index in [-0.39, 0.29) is 33.8 Å². The van der Waals surface area contributed by atoms with Gasteiger partial charge in [-0.05, 0) is 34.4 Å². The first-order valence-electron chi connectivity index (χ1n) is 18.3. The number of benzene rings is 5. The molecule has 0 saturated carbocycles. The molecule has 0 unspecified atom stereocenters. The van der Waals surface area contributed by atoms with Crippen molar-refractivity contribution in [2.75, 3.05) is 13.2 Å². The Labute approximate surface area is 337 Å². The van der Waals surface area contributed by atoms with Gasteiger partial charge in [0.15, 0.2) is 0 Å². The van der Waals surface area contributed by atoms with E-state index < -0.39 is 44.7 Å². The van der Waals surface area contributed by atoms with Gasteiger partial charge in [0, 0.05) is 28.0 Å². The summed E-state index contributed by atoms with van der Waals surface area (Å²) in [6.45, 7) is -5.01. The molecule has 1 aliphatic rings. The molecule has 0 N–H and O–H groups in total. The molecule has 0 bridgehead atoms. The first kappa shape index (κ1) is 42.0. The minimum atomic E-state index is -6.19. The molecule has 6 aromatic rings. The first-order valence-corrected chi connectivity index (χ1v) is 18.3. The van der Waals surface area contributed by atoms with E-state index >= 15 is 0 Å². The van der Waals surface area contributed by atoms with Gasteiger partial charge >= 0.3 is 31.5 Å². The van der Waals surface area contributed by atoms with Crippen LogP contribution < -0.4 is 0 Å². The van der Waals surface area contributed by atoms with Gasteiger partial charge in [-0.2, -0.15) is 43.9 Å². The van der Waals surface area contributed by atoms with Crippen molar-refractivity contribution >= 4 is 24.1 Å². The molecule has 0 fully saturated rings. The SMILES string of the molecule is FC(F)(F)C(F)(F)COB(OCC(F)(F)C(F)(F)F)n1c(-c2ccccc2)cc(-c2ccccc2)c1/C(=C1\N=C(c2ccccc2)C=C1c1ccccc1)c1ccccc1. The van der Waals surface area contributed by atoms with Crippen LogP contribution in [0, 0.1) is 0 Å². The van der Waals surface area contributed by atoms with Crippen LogP contribution in [-0.2, 0) is 9.31 Å². The van der Waals surface area contributed by atoms with Gasteiger partial charge in [-0.25, -0.2) is 4.99 Å². The molecule has 0 aliphatic carbocycles. The second-order valence-electron chi connectivity index (χ2n) is 13.6. The van der Waals surface area contributed by atoms with Gasteiger partial charge in [0.1, 0.15) is 13.2 Å². The summed E-state index contributed by atoms with van der Waals surface area (Å²) in [5.41, 5.74) is 3.95. The standard InChI is InChI=1S/C45H31BF10N2O2/c47-42(48,44(51,52)53)28-59-46(60-29-43(49,50)45(54,55)56)58-38(33-22-12-4-13-23-33)27-36(31-18-8-2-9-19-31)41(58)39(34-24-14-5-15-25-34)40-35(30-16-6-1-7-17-30)26-37(57-40)32-20-10-3-11-21-32/h1-27H,28-29H2/b40-39-. The summed E-state index contributed by atoms with van der Waals surface area (Å²) in [7, 11) is -2.75. The lowest BCUT2D eigenvalue weighted by Crippen LogP contribution is -2.48. The van der Waals surface area contributed by atoms with Gasteiger partial charge < -0.3 is 13.8 Å². The number of hydrogen-bond acceptors (Lipinski definition) is 3. The van der Waals surface area contributed by atoms with Crippen molar-refractivity contribution in [1.29, 1.82) is 0 Å². The normalized spacial score (nSPS) is 14.5. The molecule has 0 saturated heterocycles. The molecule has 4 nitrogen and oxygen atoms in total. The average molecular weight is 833 g/mol. The van der Waals surface area contributed by atoms with Gasteiger partial charge in [0.05, 0.1) is 17.1 Å². The molecule has 1 aromatic heterocycles. The summed E-state index contributed by atoms with van der Waals surface area (Å²) in [6, 6.07) is 44.1. The predicted molar refractivity (Wildman–Crippen MR) is 210 cm³/mol. The second kappa shape index (κ2) is 16.8. The Bertz CT molecular complexity index is 2470. The molecule has 1 aliphatic heterocycles. The molecule has 0 radical (unpaired) electrons. The number of halogens is 10. The van der Waals surface area contributed by atoms with Gasteiger partial charge in [-0.3, -0.25) is 0 Å². The highest BCUT2D eigenvalue weighted by atomic mass is 19.4. The minimum absolute atomic E-state index is 0.0513. The maximum atomic E-state index is 14.7. The summed E-state index contributed by atoms with van der Waals surface area (Å²) < 4.78 is 152. The van der Waals surface area contributed by atoms with Crippen LogP contribution in [0.15, 0.2) is 174 Å². The fourth-order valence-corrected chi connectivity index (χ4v) is 6.57. The van der Waals surface area contributed by atoms with Gasteiger partial charge in [-0.1, -0.05) is 152 Å². The fourth-order valence-electron chi connectivity index (χ4n) is 6.57. The Morgan fingerprint density at radius 3 is 1.40 bits per heavy atom. The van der Waals surface area contributed by atoms with Crippen molar-refractivity contribution in [3.63, 3.8) is 0 Å². The van der Waals surface area contributed by atoms with Crippen molar-refractivity contribution in [1.82, 2.24) is 4.48 Å². The third-order valence-electron chi connectivity index (χ3n) is 9.50. The van der Waals surface area contributed by atoms with E-state index in [2.05, 4.69) is 0 Å². The maximum absolute atomic E-state index is 14.7. The molecule has 5 aromatic carbocycles. The van der Waals surface area contributed by atoms with E-state index in [1.807, 2.05) is 18.2 Å². The lowest BCUT2D eigenvalue weighted by Gasteiger charge is -2.27. The van der Waals surface area contributed by atoms with Crippen molar-refractivity contribution < 1.29 is 53.2 Å². The Morgan fingerprint density at radius 1 is 0.517 bits per heavy atom. The Kier molecular flexibility index (Phi) is 11.8. The van der Waals surface area contributed by atoms with Crippen LogP contribution in [0.2, 0.25) is 0 Å². The molecule has 0 atom stereocenters. The molecule has 15 heteroatoms. The zero-order valence-electron chi connectivity index (χ0n) is 31.1. The van der Waals surface area contributed by atoms with Gasteiger partial charge in [-0.15, -0.1) is 0 Å². The number of rotatable bonds is 13. The maximum Gasteiger partial charge on any atom is 0.598 e. The van der Waals surface area contributed by atoms with Gasteiger partial charge in [0.25, 0.3) is 0 Å². The number of allylic oxidation sites excluding steroid dienone is 2. The highest BCUT2D eigenvalue weighted by Crippen LogP contribution is 2.46. The minimum Gasteiger partial charge on any atom is -0.385 e. The molecule has 7 rings (SSSR count). The quantitative estimate of drug-likeness (QED) is 0.0858. The number of alkyl halides is 10. The zero-order valence-corrected chi connectivity index (χ0v) is 31.1. The Balaban J connectivity index is 1.62. The smallest absolute Gasteiger partial charge is 0.385 e. The van der Waals surface area contributed by atoms with Crippen molar-refractivity contribution in [2.24, 2.45) is 4.99 Å². The first-order chi connectivity index (χ1) is 28.6. The molecule has 306 valence electrons. The number of hydrogen-bond donors (Lipinski definition) is 0. The third-order valence-corrected chi connectivity index (χ3v) is 9.50. The van der Waals surface area contributed by atoms with E-state index in [9.17, 15) is 43.9 Å². The highest BCUT2D eigenvalue weighted by molar-refractivity contribution is 6.44. The number of nitrogens with zero attached hydrogens (tertiary/aromatic N) is 2. The largest absolute Gasteiger partial charge is 0.598 e.